The molecule has 17 heavy (non-hydrogen) atoms. The molecule has 0 radical (unpaired) electrons. The number of methoxy groups -OCH3 is 1. The quantitative estimate of drug-likeness (QED) is 0.784. The summed E-state index contributed by atoms with van der Waals surface area (Å²) in [6.07, 6.45) is 0.895. The van der Waals surface area contributed by atoms with Crippen molar-refractivity contribution in [3.63, 3.8) is 0 Å². The summed E-state index contributed by atoms with van der Waals surface area (Å²) in [4.78, 5) is 14.6. The van der Waals surface area contributed by atoms with Gasteiger partial charge in [0, 0.05) is 20.0 Å². The number of aryl methyl sites for hydroxylation is 1. The van der Waals surface area contributed by atoms with E-state index in [-0.39, 0.29) is 18.4 Å². The molecule has 1 N–H and O–H groups in total. The van der Waals surface area contributed by atoms with E-state index in [1.807, 2.05) is 13.8 Å². The molecule has 1 unspecified atom stereocenters. The average Bonchev–Trinajstić information content (AvgIpc) is 2.66. The Kier molecular flexibility index (Phi) is 5.09. The zero-order chi connectivity index (χ0) is 12.8. The minimum absolute atomic E-state index is 0.107. The molecule has 1 atom stereocenters. The molecule has 96 valence electrons. The number of rotatable bonds is 7. The molecule has 0 aliphatic rings. The van der Waals surface area contributed by atoms with Gasteiger partial charge in [-0.15, -0.1) is 0 Å². The van der Waals surface area contributed by atoms with Gasteiger partial charge in [-0.05, 0) is 12.3 Å². The molecule has 0 spiro atoms. The highest BCUT2D eigenvalue weighted by atomic mass is 16.5. The van der Waals surface area contributed by atoms with Crippen molar-refractivity contribution >= 4 is 5.97 Å². The number of aromatic nitrogens is 2. The van der Waals surface area contributed by atoms with Gasteiger partial charge in [0.1, 0.15) is 6.10 Å². The summed E-state index contributed by atoms with van der Waals surface area (Å²) >= 11 is 0. The third-order valence-corrected chi connectivity index (χ3v) is 2.38. The maximum absolute atomic E-state index is 10.4. The fourth-order valence-corrected chi connectivity index (χ4v) is 1.55. The summed E-state index contributed by atoms with van der Waals surface area (Å²) < 4.78 is 10.3. The van der Waals surface area contributed by atoms with E-state index in [4.69, 9.17) is 14.4 Å². The summed E-state index contributed by atoms with van der Waals surface area (Å²) in [5.41, 5.74) is 0. The first-order valence-electron chi connectivity index (χ1n) is 5.61. The summed E-state index contributed by atoms with van der Waals surface area (Å²) in [6, 6.07) is 0. The van der Waals surface area contributed by atoms with Crippen molar-refractivity contribution in [1.29, 1.82) is 0 Å². The average molecular weight is 242 g/mol. The van der Waals surface area contributed by atoms with Gasteiger partial charge < -0.3 is 14.4 Å². The fourth-order valence-electron chi connectivity index (χ4n) is 1.55. The van der Waals surface area contributed by atoms with E-state index in [0.29, 0.717) is 24.6 Å². The first-order chi connectivity index (χ1) is 8.04. The molecule has 1 aromatic rings. The van der Waals surface area contributed by atoms with E-state index in [1.54, 1.807) is 7.11 Å². The van der Waals surface area contributed by atoms with Crippen LogP contribution in [0.2, 0.25) is 0 Å². The molecule has 0 aliphatic heterocycles. The van der Waals surface area contributed by atoms with Crippen LogP contribution in [0.4, 0.5) is 0 Å². The van der Waals surface area contributed by atoms with E-state index in [9.17, 15) is 4.79 Å². The van der Waals surface area contributed by atoms with Gasteiger partial charge >= 0.3 is 5.97 Å². The largest absolute Gasteiger partial charge is 0.481 e. The Morgan fingerprint density at radius 2 is 2.24 bits per heavy atom. The molecule has 0 saturated heterocycles. The maximum atomic E-state index is 10.4. The van der Waals surface area contributed by atoms with Crippen LogP contribution in [0, 0.1) is 5.92 Å². The van der Waals surface area contributed by atoms with Gasteiger partial charge in [0.15, 0.2) is 0 Å². The van der Waals surface area contributed by atoms with Crippen LogP contribution >= 0.6 is 0 Å². The normalized spacial score (nSPS) is 12.9. The highest BCUT2D eigenvalue weighted by molar-refractivity contribution is 5.66. The standard InChI is InChI=1S/C11H18N2O4/c1-7(2)10(16-3)11-12-8(17-13-11)5-4-6-9(14)15/h7,10H,4-6H2,1-3H3,(H,14,15). The van der Waals surface area contributed by atoms with Gasteiger partial charge in [0.05, 0.1) is 0 Å². The number of carbonyl (C=O) groups is 1. The van der Waals surface area contributed by atoms with Crippen molar-refractivity contribution in [3.8, 4) is 0 Å². The SMILES string of the molecule is COC(c1noc(CCCC(=O)O)n1)C(C)C. The van der Waals surface area contributed by atoms with Gasteiger partial charge in [-0.25, -0.2) is 0 Å². The van der Waals surface area contributed by atoms with Crippen LogP contribution < -0.4 is 0 Å². The molecule has 6 heteroatoms. The molecule has 0 saturated carbocycles. The molecular weight excluding hydrogens is 224 g/mol. The Morgan fingerprint density at radius 3 is 2.76 bits per heavy atom. The van der Waals surface area contributed by atoms with Gasteiger partial charge in [-0.3, -0.25) is 4.79 Å². The summed E-state index contributed by atoms with van der Waals surface area (Å²) in [6.45, 7) is 4.02. The number of hydrogen-bond acceptors (Lipinski definition) is 5. The smallest absolute Gasteiger partial charge is 0.303 e. The lowest BCUT2D eigenvalue weighted by atomic mass is 10.1. The fraction of sp³-hybridized carbons (Fsp3) is 0.727. The summed E-state index contributed by atoms with van der Waals surface area (Å²) in [7, 11) is 1.60. The van der Waals surface area contributed by atoms with E-state index < -0.39 is 5.97 Å². The van der Waals surface area contributed by atoms with Gasteiger partial charge in [0.2, 0.25) is 11.7 Å². The lowest BCUT2D eigenvalue weighted by Crippen LogP contribution is -2.10. The Morgan fingerprint density at radius 1 is 1.53 bits per heavy atom. The number of ether oxygens (including phenoxy) is 1. The number of hydrogen-bond donors (Lipinski definition) is 1. The lowest BCUT2D eigenvalue weighted by molar-refractivity contribution is -0.137. The zero-order valence-electron chi connectivity index (χ0n) is 10.3. The van der Waals surface area contributed by atoms with Gasteiger partial charge in [-0.2, -0.15) is 4.98 Å². The Bertz CT molecular complexity index is 362. The molecule has 0 aliphatic carbocycles. The molecule has 1 heterocycles. The second kappa shape index (κ2) is 6.34. The first kappa shape index (κ1) is 13.6. The topological polar surface area (TPSA) is 85.5 Å². The highest BCUT2D eigenvalue weighted by Crippen LogP contribution is 2.22. The van der Waals surface area contributed by atoms with Crippen molar-refractivity contribution in [3.05, 3.63) is 11.7 Å². The van der Waals surface area contributed by atoms with E-state index in [2.05, 4.69) is 10.1 Å². The van der Waals surface area contributed by atoms with Crippen molar-refractivity contribution in [2.24, 2.45) is 5.92 Å². The predicted molar refractivity (Wildman–Crippen MR) is 59.5 cm³/mol. The minimum Gasteiger partial charge on any atom is -0.481 e. The highest BCUT2D eigenvalue weighted by Gasteiger charge is 2.21. The Hall–Kier alpha value is -1.43. The van der Waals surface area contributed by atoms with Crippen molar-refractivity contribution in [2.75, 3.05) is 7.11 Å². The molecule has 0 aromatic carbocycles. The van der Waals surface area contributed by atoms with Crippen LogP contribution in [0.5, 0.6) is 0 Å². The second-order valence-electron chi connectivity index (χ2n) is 4.19. The van der Waals surface area contributed by atoms with Gasteiger partial charge in [0.25, 0.3) is 0 Å². The van der Waals surface area contributed by atoms with Crippen LogP contribution in [0.1, 0.15) is 44.5 Å². The molecule has 1 aromatic heterocycles. The molecular formula is C11H18N2O4. The second-order valence-corrected chi connectivity index (χ2v) is 4.19. The Balaban J connectivity index is 2.55. The minimum atomic E-state index is -0.818. The van der Waals surface area contributed by atoms with E-state index in [0.717, 1.165) is 0 Å². The number of aliphatic carboxylic acids is 1. The first-order valence-corrected chi connectivity index (χ1v) is 5.61. The van der Waals surface area contributed by atoms with Crippen LogP contribution in [0.25, 0.3) is 0 Å². The lowest BCUT2D eigenvalue weighted by Gasteiger charge is -2.14. The molecule has 6 nitrogen and oxygen atoms in total. The molecule has 0 amide bonds. The van der Waals surface area contributed by atoms with Crippen LogP contribution in [-0.2, 0) is 16.0 Å². The number of carboxylic acid groups (broad SMARTS) is 1. The van der Waals surface area contributed by atoms with Crippen LogP contribution in [0.15, 0.2) is 4.52 Å². The van der Waals surface area contributed by atoms with E-state index >= 15 is 0 Å². The molecule has 1 rings (SSSR count). The third-order valence-electron chi connectivity index (χ3n) is 2.38. The summed E-state index contributed by atoms with van der Waals surface area (Å²) in [5, 5.41) is 12.4. The van der Waals surface area contributed by atoms with Crippen molar-refractivity contribution in [1.82, 2.24) is 10.1 Å². The third kappa shape index (κ3) is 4.14. The van der Waals surface area contributed by atoms with E-state index in [1.165, 1.54) is 0 Å². The Labute approximate surface area is 100.0 Å². The molecule has 0 fully saturated rings. The van der Waals surface area contributed by atoms with Crippen molar-refractivity contribution < 1.29 is 19.2 Å². The number of carboxylic acids is 1. The predicted octanol–water partition coefficient (Wildman–Crippen LogP) is 1.82. The maximum Gasteiger partial charge on any atom is 0.303 e. The number of nitrogens with zero attached hydrogens (tertiary/aromatic N) is 2. The zero-order valence-corrected chi connectivity index (χ0v) is 10.3. The molecule has 0 bridgehead atoms. The van der Waals surface area contributed by atoms with Crippen molar-refractivity contribution in [2.45, 2.75) is 39.2 Å². The monoisotopic (exact) mass is 242 g/mol. The van der Waals surface area contributed by atoms with Gasteiger partial charge in [-0.1, -0.05) is 19.0 Å². The van der Waals surface area contributed by atoms with Crippen LogP contribution in [0.3, 0.4) is 0 Å². The van der Waals surface area contributed by atoms with Crippen LogP contribution in [-0.4, -0.2) is 28.3 Å². The summed E-state index contributed by atoms with van der Waals surface area (Å²) in [5.74, 6) is 0.419.